The largest absolute Gasteiger partial charge is 0.476 e. The highest BCUT2D eigenvalue weighted by Crippen LogP contribution is 2.17. The van der Waals surface area contributed by atoms with Crippen LogP contribution in [0.25, 0.3) is 0 Å². The van der Waals surface area contributed by atoms with Gasteiger partial charge in [-0.15, -0.1) is 0 Å². The summed E-state index contributed by atoms with van der Waals surface area (Å²) in [5.41, 5.74) is -0.414. The molecule has 0 atom stereocenters. The maximum atomic E-state index is 12.3. The summed E-state index contributed by atoms with van der Waals surface area (Å²) in [5.74, 6) is -2.59. The Kier molecular flexibility index (Phi) is 2.57. The summed E-state index contributed by atoms with van der Waals surface area (Å²) in [5, 5.41) is 8.10. The molecule has 10 heavy (non-hydrogen) atoms. The summed E-state index contributed by atoms with van der Waals surface area (Å²) in [4.78, 5) is 9.93. The van der Waals surface area contributed by atoms with Crippen LogP contribution in [0, 0.1) is 5.41 Å². The second-order valence-corrected chi connectivity index (χ2v) is 3.16. The molecule has 0 spiro atoms. The number of aliphatic carboxylic acids is 1. The summed E-state index contributed by atoms with van der Waals surface area (Å²) >= 11 is 0. The molecule has 0 rings (SSSR count). The molecule has 0 aliphatic carbocycles. The maximum absolute atomic E-state index is 12.3. The molecule has 1 N–H and O–H groups in total. The monoisotopic (exact) mass is 146 g/mol. The lowest BCUT2D eigenvalue weighted by Gasteiger charge is -2.10. The minimum atomic E-state index is -1.50. The normalized spacial score (nSPS) is 13.4. The van der Waals surface area contributed by atoms with Crippen LogP contribution in [0.2, 0.25) is 0 Å². The van der Waals surface area contributed by atoms with E-state index < -0.39 is 17.2 Å². The zero-order valence-electron chi connectivity index (χ0n) is 6.31. The highest BCUT2D eigenvalue weighted by molar-refractivity contribution is 5.83. The lowest BCUT2D eigenvalue weighted by molar-refractivity contribution is -0.134. The van der Waals surface area contributed by atoms with Crippen molar-refractivity contribution in [2.24, 2.45) is 5.41 Å². The van der Waals surface area contributed by atoms with E-state index in [0.717, 1.165) is 6.08 Å². The quantitative estimate of drug-likeness (QED) is 0.574. The summed E-state index contributed by atoms with van der Waals surface area (Å²) in [6.45, 7) is 5.20. The molecular formula is C7H11FO2. The smallest absolute Gasteiger partial charge is 0.364 e. The molecule has 0 unspecified atom stereocenters. The molecule has 0 saturated heterocycles. The van der Waals surface area contributed by atoms with E-state index in [1.54, 1.807) is 20.8 Å². The summed E-state index contributed by atoms with van der Waals surface area (Å²) in [6, 6.07) is 0. The number of carboxylic acids is 1. The van der Waals surface area contributed by atoms with Gasteiger partial charge in [0, 0.05) is 0 Å². The van der Waals surface area contributed by atoms with Crippen molar-refractivity contribution in [1.82, 2.24) is 0 Å². The topological polar surface area (TPSA) is 37.3 Å². The van der Waals surface area contributed by atoms with Crippen LogP contribution in [-0.2, 0) is 4.79 Å². The van der Waals surface area contributed by atoms with Gasteiger partial charge in [-0.1, -0.05) is 20.8 Å². The number of hydrogen-bond acceptors (Lipinski definition) is 1. The van der Waals surface area contributed by atoms with Crippen LogP contribution < -0.4 is 0 Å². The molecule has 58 valence electrons. The van der Waals surface area contributed by atoms with E-state index in [9.17, 15) is 9.18 Å². The first-order chi connectivity index (χ1) is 4.33. The van der Waals surface area contributed by atoms with Gasteiger partial charge in [0.05, 0.1) is 0 Å². The Labute approximate surface area is 59.4 Å². The van der Waals surface area contributed by atoms with Gasteiger partial charge in [-0.25, -0.2) is 4.79 Å². The van der Waals surface area contributed by atoms with Gasteiger partial charge in [0.15, 0.2) is 0 Å². The zero-order chi connectivity index (χ0) is 8.36. The summed E-state index contributed by atoms with van der Waals surface area (Å²) in [7, 11) is 0. The Morgan fingerprint density at radius 2 is 1.90 bits per heavy atom. The third-order valence-electron chi connectivity index (χ3n) is 0.764. The van der Waals surface area contributed by atoms with E-state index in [4.69, 9.17) is 5.11 Å². The minimum absolute atomic E-state index is 0.414. The van der Waals surface area contributed by atoms with Gasteiger partial charge >= 0.3 is 5.97 Å². The molecule has 0 bridgehead atoms. The lowest BCUT2D eigenvalue weighted by Crippen LogP contribution is -2.04. The SMILES string of the molecule is CC(C)(C)/C=C(/F)C(=O)O. The number of carboxylic acid groups (broad SMARTS) is 1. The van der Waals surface area contributed by atoms with Gasteiger partial charge in [0.2, 0.25) is 5.83 Å². The van der Waals surface area contributed by atoms with E-state index in [2.05, 4.69) is 0 Å². The molecule has 2 nitrogen and oxygen atoms in total. The maximum Gasteiger partial charge on any atom is 0.364 e. The van der Waals surface area contributed by atoms with Crippen LogP contribution >= 0.6 is 0 Å². The highest BCUT2D eigenvalue weighted by atomic mass is 19.1. The first-order valence-corrected chi connectivity index (χ1v) is 2.94. The minimum Gasteiger partial charge on any atom is -0.476 e. The second-order valence-electron chi connectivity index (χ2n) is 3.16. The fourth-order valence-electron chi connectivity index (χ4n) is 0.442. The molecule has 0 aromatic heterocycles. The van der Waals surface area contributed by atoms with Gasteiger partial charge < -0.3 is 5.11 Å². The predicted molar refractivity (Wildman–Crippen MR) is 36.3 cm³/mol. The Balaban J connectivity index is 4.32. The fraction of sp³-hybridized carbons (Fsp3) is 0.571. The Hall–Kier alpha value is -0.860. The van der Waals surface area contributed by atoms with Gasteiger partial charge in [0.25, 0.3) is 0 Å². The first-order valence-electron chi connectivity index (χ1n) is 2.94. The molecular weight excluding hydrogens is 135 g/mol. The van der Waals surface area contributed by atoms with Crippen molar-refractivity contribution in [2.45, 2.75) is 20.8 Å². The van der Waals surface area contributed by atoms with E-state index in [1.807, 2.05) is 0 Å². The van der Waals surface area contributed by atoms with Crippen molar-refractivity contribution in [3.63, 3.8) is 0 Å². The number of halogens is 1. The fourth-order valence-corrected chi connectivity index (χ4v) is 0.442. The van der Waals surface area contributed by atoms with Crippen LogP contribution in [-0.4, -0.2) is 11.1 Å². The Bertz CT molecular complexity index is 165. The van der Waals surface area contributed by atoms with Crippen molar-refractivity contribution < 1.29 is 14.3 Å². The van der Waals surface area contributed by atoms with Crippen molar-refractivity contribution in [3.05, 3.63) is 11.9 Å². The zero-order valence-corrected chi connectivity index (χ0v) is 6.31. The van der Waals surface area contributed by atoms with Crippen LogP contribution in [0.1, 0.15) is 20.8 Å². The third-order valence-corrected chi connectivity index (χ3v) is 0.764. The van der Waals surface area contributed by atoms with Crippen molar-refractivity contribution in [2.75, 3.05) is 0 Å². The van der Waals surface area contributed by atoms with Crippen LogP contribution in [0.15, 0.2) is 11.9 Å². The average molecular weight is 146 g/mol. The molecule has 0 aliphatic rings. The lowest BCUT2D eigenvalue weighted by atomic mass is 9.96. The molecule has 0 aliphatic heterocycles. The van der Waals surface area contributed by atoms with Gasteiger partial charge in [-0.05, 0) is 11.5 Å². The van der Waals surface area contributed by atoms with Gasteiger partial charge in [-0.3, -0.25) is 0 Å². The van der Waals surface area contributed by atoms with Gasteiger partial charge in [0.1, 0.15) is 0 Å². The van der Waals surface area contributed by atoms with E-state index in [0.29, 0.717) is 0 Å². The molecule has 0 amide bonds. The number of carbonyl (C=O) groups is 1. The molecule has 0 saturated carbocycles. The molecule has 0 fully saturated rings. The summed E-state index contributed by atoms with van der Waals surface area (Å²) in [6.07, 6.45) is 1.08. The van der Waals surface area contributed by atoms with Crippen LogP contribution in [0.4, 0.5) is 4.39 Å². The molecule has 0 aromatic carbocycles. The standard InChI is InChI=1S/C7H11FO2/c1-7(2,3)4-5(8)6(9)10/h4H,1-3H3,(H,9,10)/b5-4+. The number of allylic oxidation sites excluding steroid dienone is 1. The van der Waals surface area contributed by atoms with E-state index in [-0.39, 0.29) is 0 Å². The van der Waals surface area contributed by atoms with E-state index in [1.165, 1.54) is 0 Å². The van der Waals surface area contributed by atoms with Crippen LogP contribution in [0.3, 0.4) is 0 Å². The number of hydrogen-bond donors (Lipinski definition) is 1. The Morgan fingerprint density at radius 3 is 2.00 bits per heavy atom. The predicted octanol–water partition coefficient (Wildman–Crippen LogP) is 1.97. The first kappa shape index (κ1) is 9.14. The van der Waals surface area contributed by atoms with Crippen molar-refractivity contribution in [3.8, 4) is 0 Å². The van der Waals surface area contributed by atoms with Crippen LogP contribution in [0.5, 0.6) is 0 Å². The molecule has 0 radical (unpaired) electrons. The van der Waals surface area contributed by atoms with Crippen molar-refractivity contribution >= 4 is 5.97 Å². The molecule has 0 aromatic rings. The van der Waals surface area contributed by atoms with Crippen molar-refractivity contribution in [1.29, 1.82) is 0 Å². The molecule has 3 heteroatoms. The average Bonchev–Trinajstić information content (AvgIpc) is 1.60. The summed E-state index contributed by atoms with van der Waals surface area (Å²) < 4.78 is 12.3. The van der Waals surface area contributed by atoms with Gasteiger partial charge in [-0.2, -0.15) is 4.39 Å². The third kappa shape index (κ3) is 4.06. The van der Waals surface area contributed by atoms with E-state index >= 15 is 0 Å². The molecule has 0 heterocycles. The number of rotatable bonds is 1. The highest BCUT2D eigenvalue weighted by Gasteiger charge is 2.12. The Morgan fingerprint density at radius 1 is 1.50 bits per heavy atom. The second kappa shape index (κ2) is 2.82.